The fourth-order valence-corrected chi connectivity index (χ4v) is 5.50. The van der Waals surface area contributed by atoms with E-state index in [2.05, 4.69) is 5.32 Å². The van der Waals surface area contributed by atoms with E-state index in [4.69, 9.17) is 4.74 Å². The first-order valence-corrected chi connectivity index (χ1v) is 9.79. The van der Waals surface area contributed by atoms with Crippen LogP contribution in [0.15, 0.2) is 24.3 Å². The molecule has 8 heteroatoms. The zero-order valence-corrected chi connectivity index (χ0v) is 13.6. The Balaban J connectivity index is 1.57. The highest BCUT2D eigenvalue weighted by Crippen LogP contribution is 2.23. The average molecular weight is 347 g/mol. The van der Waals surface area contributed by atoms with Crippen molar-refractivity contribution in [2.45, 2.75) is 11.7 Å². The van der Waals surface area contributed by atoms with Crippen LogP contribution in [0.5, 0.6) is 5.75 Å². The predicted molar refractivity (Wildman–Crippen MR) is 84.4 cm³/mol. The van der Waals surface area contributed by atoms with Gasteiger partial charge in [-0.1, -0.05) is 0 Å². The van der Waals surface area contributed by atoms with E-state index in [1.54, 1.807) is 0 Å². The number of amides is 1. The van der Waals surface area contributed by atoms with Gasteiger partial charge in [0.2, 0.25) is 5.91 Å². The predicted octanol–water partition coefficient (Wildman–Crippen LogP) is 1.24. The van der Waals surface area contributed by atoms with Crippen LogP contribution in [0.2, 0.25) is 0 Å². The van der Waals surface area contributed by atoms with Crippen molar-refractivity contribution in [2.75, 3.05) is 30.4 Å². The van der Waals surface area contributed by atoms with Crippen LogP contribution in [0.25, 0.3) is 0 Å². The standard InChI is InChI=1S/C14H18FNO4S2/c15-11-1-3-12(4-2-11)20-7-6-16-14(17)9-21-13-5-8-22(18,19)10-13/h1-4,13H,5-10H2,(H,16,17)/t13-/m0/s1. The summed E-state index contributed by atoms with van der Waals surface area (Å²) in [5.74, 6) is 0.706. The fourth-order valence-electron chi connectivity index (χ4n) is 2.03. The third-order valence-corrected chi connectivity index (χ3v) is 6.43. The maximum atomic E-state index is 12.7. The van der Waals surface area contributed by atoms with Gasteiger partial charge in [0.05, 0.1) is 23.8 Å². The molecule has 0 bridgehead atoms. The normalized spacial score (nSPS) is 19.8. The molecule has 0 aromatic heterocycles. The molecule has 1 atom stereocenters. The minimum Gasteiger partial charge on any atom is -0.492 e. The number of nitrogens with one attached hydrogen (secondary N) is 1. The summed E-state index contributed by atoms with van der Waals surface area (Å²) in [6, 6.07) is 5.65. The lowest BCUT2D eigenvalue weighted by Crippen LogP contribution is -2.30. The molecule has 5 nitrogen and oxygen atoms in total. The van der Waals surface area contributed by atoms with E-state index in [1.165, 1.54) is 36.0 Å². The summed E-state index contributed by atoms with van der Waals surface area (Å²) in [5.41, 5.74) is 0. The number of hydrogen-bond donors (Lipinski definition) is 1. The minimum atomic E-state index is -2.90. The second kappa shape index (κ2) is 7.82. The largest absolute Gasteiger partial charge is 0.492 e. The molecule has 1 N–H and O–H groups in total. The maximum Gasteiger partial charge on any atom is 0.230 e. The molecule has 0 spiro atoms. The fraction of sp³-hybridized carbons (Fsp3) is 0.500. The van der Waals surface area contributed by atoms with Crippen LogP contribution in [0, 0.1) is 5.82 Å². The van der Waals surface area contributed by atoms with Crippen LogP contribution in [-0.4, -0.2) is 50.0 Å². The number of carbonyl (C=O) groups is 1. The van der Waals surface area contributed by atoms with Crippen molar-refractivity contribution < 1.29 is 22.3 Å². The van der Waals surface area contributed by atoms with Crippen LogP contribution in [0.1, 0.15) is 6.42 Å². The molecule has 1 aromatic carbocycles. The second-order valence-electron chi connectivity index (χ2n) is 4.99. The number of rotatable bonds is 7. The molecule has 122 valence electrons. The zero-order valence-electron chi connectivity index (χ0n) is 12.0. The number of hydrogen-bond acceptors (Lipinski definition) is 5. The molecule has 22 heavy (non-hydrogen) atoms. The summed E-state index contributed by atoms with van der Waals surface area (Å²) >= 11 is 1.38. The van der Waals surface area contributed by atoms with Crippen molar-refractivity contribution >= 4 is 27.5 Å². The van der Waals surface area contributed by atoms with E-state index in [1.807, 2.05) is 0 Å². The Hall–Kier alpha value is -1.28. The molecular weight excluding hydrogens is 329 g/mol. The molecule has 0 unspecified atom stereocenters. The van der Waals surface area contributed by atoms with E-state index in [-0.39, 0.29) is 34.2 Å². The topological polar surface area (TPSA) is 72.5 Å². The Labute approximate surface area is 133 Å². The van der Waals surface area contributed by atoms with Crippen molar-refractivity contribution in [3.8, 4) is 5.75 Å². The summed E-state index contributed by atoms with van der Waals surface area (Å²) in [6.45, 7) is 0.638. The van der Waals surface area contributed by atoms with Crippen LogP contribution in [0.3, 0.4) is 0 Å². The van der Waals surface area contributed by atoms with Gasteiger partial charge in [-0.15, -0.1) is 11.8 Å². The molecule has 1 aromatic rings. The van der Waals surface area contributed by atoms with Gasteiger partial charge in [-0.25, -0.2) is 12.8 Å². The van der Waals surface area contributed by atoms with E-state index in [0.29, 0.717) is 25.3 Å². The number of benzene rings is 1. The lowest BCUT2D eigenvalue weighted by molar-refractivity contribution is -0.118. The number of sulfone groups is 1. The molecule has 0 radical (unpaired) electrons. The summed E-state index contributed by atoms with van der Waals surface area (Å²) in [6.07, 6.45) is 0.619. The summed E-state index contributed by atoms with van der Waals surface area (Å²) < 4.78 is 40.6. The molecular formula is C14H18FNO4S2. The van der Waals surface area contributed by atoms with Crippen molar-refractivity contribution in [2.24, 2.45) is 0 Å². The minimum absolute atomic E-state index is 0.0196. The third kappa shape index (κ3) is 5.84. The highest BCUT2D eigenvalue weighted by atomic mass is 32.2. The van der Waals surface area contributed by atoms with Crippen LogP contribution in [-0.2, 0) is 14.6 Å². The van der Waals surface area contributed by atoms with Crippen molar-refractivity contribution in [1.82, 2.24) is 5.32 Å². The maximum absolute atomic E-state index is 12.7. The lowest BCUT2D eigenvalue weighted by Gasteiger charge is -2.09. The number of thioether (sulfide) groups is 1. The molecule has 0 saturated carbocycles. The highest BCUT2D eigenvalue weighted by Gasteiger charge is 2.28. The van der Waals surface area contributed by atoms with Gasteiger partial charge >= 0.3 is 0 Å². The number of carbonyl (C=O) groups excluding carboxylic acids is 1. The highest BCUT2D eigenvalue weighted by molar-refractivity contribution is 8.02. The first kappa shape index (κ1) is 17.1. The van der Waals surface area contributed by atoms with Crippen molar-refractivity contribution in [3.05, 3.63) is 30.1 Å². The van der Waals surface area contributed by atoms with Crippen LogP contribution >= 0.6 is 11.8 Å². The smallest absolute Gasteiger partial charge is 0.230 e. The SMILES string of the molecule is O=C(CS[C@H]1CCS(=O)(=O)C1)NCCOc1ccc(F)cc1. The van der Waals surface area contributed by atoms with Crippen molar-refractivity contribution in [3.63, 3.8) is 0 Å². The summed E-state index contributed by atoms with van der Waals surface area (Å²) in [7, 11) is -2.90. The quantitative estimate of drug-likeness (QED) is 0.752. The molecule has 2 rings (SSSR count). The lowest BCUT2D eigenvalue weighted by atomic mass is 10.3. The van der Waals surface area contributed by atoms with E-state index in [9.17, 15) is 17.6 Å². The van der Waals surface area contributed by atoms with Gasteiger partial charge in [0.15, 0.2) is 9.84 Å². The first-order valence-electron chi connectivity index (χ1n) is 6.92. The monoisotopic (exact) mass is 347 g/mol. The third-order valence-electron chi connectivity index (χ3n) is 3.15. The van der Waals surface area contributed by atoms with Gasteiger partial charge in [0.1, 0.15) is 18.2 Å². The Bertz CT molecular complexity index is 604. The van der Waals surface area contributed by atoms with Gasteiger partial charge in [-0.3, -0.25) is 4.79 Å². The van der Waals surface area contributed by atoms with Gasteiger partial charge in [0, 0.05) is 5.25 Å². The van der Waals surface area contributed by atoms with E-state index >= 15 is 0 Å². The Morgan fingerprint density at radius 1 is 1.36 bits per heavy atom. The van der Waals surface area contributed by atoms with Crippen LogP contribution in [0.4, 0.5) is 4.39 Å². The van der Waals surface area contributed by atoms with Gasteiger partial charge in [-0.05, 0) is 30.7 Å². The van der Waals surface area contributed by atoms with Crippen LogP contribution < -0.4 is 10.1 Å². The molecule has 1 aliphatic heterocycles. The number of halogens is 1. The van der Waals surface area contributed by atoms with Gasteiger partial charge in [0.25, 0.3) is 0 Å². The summed E-state index contributed by atoms with van der Waals surface area (Å²) in [5, 5.41) is 2.72. The van der Waals surface area contributed by atoms with Gasteiger partial charge < -0.3 is 10.1 Å². The van der Waals surface area contributed by atoms with E-state index < -0.39 is 9.84 Å². The average Bonchev–Trinajstić information content (AvgIpc) is 2.83. The molecule has 1 fully saturated rings. The van der Waals surface area contributed by atoms with E-state index in [0.717, 1.165) is 0 Å². The molecule has 0 aliphatic carbocycles. The second-order valence-corrected chi connectivity index (χ2v) is 8.51. The Morgan fingerprint density at radius 3 is 2.73 bits per heavy atom. The first-order chi connectivity index (χ1) is 10.4. The zero-order chi connectivity index (χ0) is 16.0. The van der Waals surface area contributed by atoms with Gasteiger partial charge in [-0.2, -0.15) is 0 Å². The Morgan fingerprint density at radius 2 is 2.09 bits per heavy atom. The number of ether oxygens (including phenoxy) is 1. The Kier molecular flexibility index (Phi) is 6.07. The van der Waals surface area contributed by atoms with Crippen molar-refractivity contribution in [1.29, 1.82) is 0 Å². The molecule has 1 aliphatic rings. The molecule has 1 saturated heterocycles. The molecule has 1 heterocycles. The molecule has 1 amide bonds. The summed E-state index contributed by atoms with van der Waals surface area (Å²) in [4.78, 5) is 11.6.